The molecule has 0 aromatic heterocycles. The molecule has 0 unspecified atom stereocenters. The van der Waals surface area contributed by atoms with Crippen molar-refractivity contribution in [1.29, 1.82) is 0 Å². The summed E-state index contributed by atoms with van der Waals surface area (Å²) in [5.41, 5.74) is 2.03. The second kappa shape index (κ2) is 10.6. The first-order valence-electron chi connectivity index (χ1n) is 10.9. The second-order valence-corrected chi connectivity index (χ2v) is 9.77. The topological polar surface area (TPSA) is 99.6 Å². The molecule has 2 aliphatic rings. The molecule has 2 fully saturated rings. The van der Waals surface area contributed by atoms with E-state index < -0.39 is 22.0 Å². The van der Waals surface area contributed by atoms with E-state index in [1.807, 2.05) is 25.1 Å². The van der Waals surface area contributed by atoms with E-state index in [9.17, 15) is 18.4 Å². The molecule has 10 heteroatoms. The Labute approximate surface area is 184 Å². The zero-order chi connectivity index (χ0) is 22.4. The first kappa shape index (κ1) is 23.8. The minimum absolute atomic E-state index is 0.0643. The van der Waals surface area contributed by atoms with Crippen molar-refractivity contribution in [2.45, 2.75) is 39.5 Å². The molecule has 0 aliphatic carbocycles. The van der Waals surface area contributed by atoms with Crippen LogP contribution in [0.2, 0.25) is 0 Å². The van der Waals surface area contributed by atoms with Gasteiger partial charge in [0.2, 0.25) is 0 Å². The molecule has 2 heterocycles. The number of amides is 1. The Bertz CT molecular complexity index is 849. The van der Waals surface area contributed by atoms with Crippen LogP contribution in [0.15, 0.2) is 18.2 Å². The molecule has 2 aliphatic heterocycles. The van der Waals surface area contributed by atoms with E-state index >= 15 is 0 Å². The van der Waals surface area contributed by atoms with Crippen LogP contribution in [0, 0.1) is 12.8 Å². The third-order valence-electron chi connectivity index (χ3n) is 5.82. The molecule has 31 heavy (non-hydrogen) atoms. The average molecular weight is 456 g/mol. The van der Waals surface area contributed by atoms with Crippen molar-refractivity contribution >= 4 is 21.8 Å². The van der Waals surface area contributed by atoms with Crippen molar-refractivity contribution in [2.24, 2.45) is 5.92 Å². The van der Waals surface area contributed by atoms with E-state index in [1.165, 1.54) is 0 Å². The number of ether oxygens (including phenoxy) is 2. The van der Waals surface area contributed by atoms with E-state index in [4.69, 9.17) is 9.47 Å². The standard InChI is InChI=1S/C21H33N3O6S/c1-3-4-13-30-20-6-5-19(16-17(20)2)22-9-11-23(12-10-22)31(27,28)24(26)21(25)18-7-14-29-15-8-18/h5-6,16,18,26H,3-4,7-15H2,1-2H3. The van der Waals surface area contributed by atoms with Gasteiger partial charge in [-0.1, -0.05) is 17.8 Å². The molecular formula is C21H33N3O6S. The molecule has 1 N–H and O–H groups in total. The number of piperazine rings is 1. The fourth-order valence-electron chi connectivity index (χ4n) is 3.82. The number of anilines is 1. The van der Waals surface area contributed by atoms with Crippen LogP contribution in [-0.2, 0) is 19.7 Å². The van der Waals surface area contributed by atoms with Gasteiger partial charge in [-0.05, 0) is 49.9 Å². The summed E-state index contributed by atoms with van der Waals surface area (Å²) in [6.45, 7) is 6.91. The van der Waals surface area contributed by atoms with E-state index in [0.717, 1.165) is 34.1 Å². The van der Waals surface area contributed by atoms with Crippen LogP contribution in [0.4, 0.5) is 5.69 Å². The van der Waals surface area contributed by atoms with Gasteiger partial charge in [-0.15, -0.1) is 0 Å². The normalized spacial score (nSPS) is 18.7. The minimum Gasteiger partial charge on any atom is -0.493 e. The number of carbonyl (C=O) groups excluding carboxylic acids is 1. The summed E-state index contributed by atoms with van der Waals surface area (Å²) in [6, 6.07) is 5.97. The average Bonchev–Trinajstić information content (AvgIpc) is 2.80. The smallest absolute Gasteiger partial charge is 0.329 e. The highest BCUT2D eigenvalue weighted by atomic mass is 32.2. The van der Waals surface area contributed by atoms with Gasteiger partial charge in [0.1, 0.15) is 5.75 Å². The molecule has 174 valence electrons. The summed E-state index contributed by atoms with van der Waals surface area (Å²) in [5.74, 6) is -0.447. The Morgan fingerprint density at radius 2 is 1.90 bits per heavy atom. The molecule has 1 aromatic rings. The molecule has 1 amide bonds. The fraction of sp³-hybridized carbons (Fsp3) is 0.667. The van der Waals surface area contributed by atoms with Crippen molar-refractivity contribution in [3.63, 3.8) is 0 Å². The second-order valence-electron chi connectivity index (χ2n) is 8.01. The Morgan fingerprint density at radius 3 is 2.52 bits per heavy atom. The first-order valence-corrected chi connectivity index (χ1v) is 12.3. The number of unbranched alkanes of at least 4 members (excludes halogenated alkanes) is 1. The molecule has 0 saturated carbocycles. The van der Waals surface area contributed by atoms with E-state index in [-0.39, 0.29) is 17.6 Å². The van der Waals surface area contributed by atoms with Crippen LogP contribution in [0.25, 0.3) is 0 Å². The molecule has 2 saturated heterocycles. The van der Waals surface area contributed by atoms with Crippen molar-refractivity contribution in [2.75, 3.05) is 50.9 Å². The number of nitrogens with zero attached hydrogens (tertiary/aromatic N) is 3. The monoisotopic (exact) mass is 455 g/mol. The maximum Gasteiger partial charge on any atom is 0.329 e. The summed E-state index contributed by atoms with van der Waals surface area (Å²) < 4.78 is 37.6. The number of benzene rings is 1. The van der Waals surface area contributed by atoms with Gasteiger partial charge < -0.3 is 14.4 Å². The van der Waals surface area contributed by atoms with Gasteiger partial charge in [0.25, 0.3) is 5.91 Å². The Kier molecular flexibility index (Phi) is 8.15. The quantitative estimate of drug-likeness (QED) is 0.364. The summed E-state index contributed by atoms with van der Waals surface area (Å²) in [7, 11) is -4.26. The van der Waals surface area contributed by atoms with Gasteiger partial charge >= 0.3 is 10.2 Å². The Morgan fingerprint density at radius 1 is 1.23 bits per heavy atom. The van der Waals surface area contributed by atoms with Crippen LogP contribution >= 0.6 is 0 Å². The summed E-state index contributed by atoms with van der Waals surface area (Å²) in [4.78, 5) is 14.5. The molecule has 0 atom stereocenters. The molecule has 3 rings (SSSR count). The molecule has 1 aromatic carbocycles. The number of hydrogen-bond donors (Lipinski definition) is 1. The lowest BCUT2D eigenvalue weighted by atomic mass is 10.00. The van der Waals surface area contributed by atoms with Gasteiger partial charge in [0, 0.05) is 51.0 Å². The lowest BCUT2D eigenvalue weighted by Crippen LogP contribution is -2.54. The maximum atomic E-state index is 12.8. The third kappa shape index (κ3) is 5.68. The zero-order valence-corrected chi connectivity index (χ0v) is 19.1. The van der Waals surface area contributed by atoms with Crippen molar-refractivity contribution in [1.82, 2.24) is 8.77 Å². The van der Waals surface area contributed by atoms with Crippen molar-refractivity contribution in [3.05, 3.63) is 23.8 Å². The molecule has 9 nitrogen and oxygen atoms in total. The SMILES string of the molecule is CCCCOc1ccc(N2CCN(S(=O)(=O)N(O)C(=O)C3CCOCC3)CC2)cc1C. The number of rotatable bonds is 8. The Hall–Kier alpha value is -1.88. The summed E-state index contributed by atoms with van der Waals surface area (Å²) in [5, 5.41) is 10.2. The Balaban J connectivity index is 1.58. The van der Waals surface area contributed by atoms with E-state index in [2.05, 4.69) is 11.8 Å². The molecule has 0 radical (unpaired) electrons. The highest BCUT2D eigenvalue weighted by molar-refractivity contribution is 7.87. The van der Waals surface area contributed by atoms with Crippen molar-refractivity contribution in [3.8, 4) is 5.75 Å². The van der Waals surface area contributed by atoms with Crippen LogP contribution in [-0.4, -0.2) is 74.3 Å². The van der Waals surface area contributed by atoms with E-state index in [0.29, 0.717) is 45.8 Å². The van der Waals surface area contributed by atoms with Gasteiger partial charge in [-0.25, -0.2) is 0 Å². The summed E-state index contributed by atoms with van der Waals surface area (Å²) >= 11 is 0. The predicted molar refractivity (Wildman–Crippen MR) is 116 cm³/mol. The van der Waals surface area contributed by atoms with E-state index in [1.54, 1.807) is 0 Å². The lowest BCUT2D eigenvalue weighted by molar-refractivity contribution is -0.154. The molecular weight excluding hydrogens is 422 g/mol. The maximum absolute atomic E-state index is 12.8. The van der Waals surface area contributed by atoms with Gasteiger partial charge in [0.05, 0.1) is 6.61 Å². The first-order chi connectivity index (χ1) is 14.8. The highest BCUT2D eigenvalue weighted by Crippen LogP contribution is 2.26. The van der Waals surface area contributed by atoms with Crippen LogP contribution < -0.4 is 9.64 Å². The van der Waals surface area contributed by atoms with Gasteiger partial charge in [-0.3, -0.25) is 10.0 Å². The van der Waals surface area contributed by atoms with Gasteiger partial charge in [-0.2, -0.15) is 12.7 Å². The summed E-state index contributed by atoms with van der Waals surface area (Å²) in [6.07, 6.45) is 2.92. The fourth-order valence-corrected chi connectivity index (χ4v) is 5.04. The molecule has 0 spiro atoms. The number of aryl methyl sites for hydroxylation is 1. The minimum atomic E-state index is -4.26. The van der Waals surface area contributed by atoms with Crippen molar-refractivity contribution < 1.29 is 27.9 Å². The van der Waals surface area contributed by atoms with Crippen LogP contribution in [0.3, 0.4) is 0 Å². The number of carbonyl (C=O) groups is 1. The number of hydrogen-bond acceptors (Lipinski definition) is 7. The zero-order valence-electron chi connectivity index (χ0n) is 18.3. The van der Waals surface area contributed by atoms with Gasteiger partial charge in [0.15, 0.2) is 0 Å². The third-order valence-corrected chi connectivity index (χ3v) is 7.46. The highest BCUT2D eigenvalue weighted by Gasteiger charge is 2.38. The number of hydroxylamine groups is 1. The largest absolute Gasteiger partial charge is 0.493 e. The van der Waals surface area contributed by atoms with Crippen LogP contribution in [0.5, 0.6) is 5.75 Å². The van der Waals surface area contributed by atoms with Crippen LogP contribution in [0.1, 0.15) is 38.2 Å². The predicted octanol–water partition coefficient (Wildman–Crippen LogP) is 2.19. The molecule has 0 bridgehead atoms. The lowest BCUT2D eigenvalue weighted by Gasteiger charge is -2.37.